The maximum atomic E-state index is 9.22. The number of rotatable bonds is 2. The Morgan fingerprint density at radius 1 is 1.58 bits per heavy atom. The fourth-order valence-corrected chi connectivity index (χ4v) is 0.224. The largest absolute Gasteiger partial charge is 0.372 e. The number of hydrogen-bond acceptors (Lipinski definition) is 5. The quantitative estimate of drug-likeness (QED) is 0.311. The van der Waals surface area contributed by atoms with E-state index in [9.17, 15) is 5.11 Å². The lowest BCUT2D eigenvalue weighted by molar-refractivity contribution is -0.106. The maximum Gasteiger partial charge on any atom is 0.204 e. The van der Waals surface area contributed by atoms with Gasteiger partial charge >= 0.3 is 0 Å². The lowest BCUT2D eigenvalue weighted by Gasteiger charge is -2.29. The maximum absolute atomic E-state index is 9.22. The topological polar surface area (TPSA) is 114 Å². The molecule has 0 saturated carbocycles. The number of nitrogens with two attached hydrogens (primary N) is 1. The highest BCUT2D eigenvalue weighted by atomic mass is 16.3. The van der Waals surface area contributed by atoms with Crippen LogP contribution in [0, 0.1) is 0 Å². The molecule has 1 amide bonds. The van der Waals surface area contributed by atoms with Crippen LogP contribution in [0.3, 0.4) is 0 Å². The van der Waals surface area contributed by atoms with Gasteiger partial charge in [0.15, 0.2) is 5.85 Å². The molecule has 0 spiro atoms. The van der Waals surface area contributed by atoms with E-state index in [1.54, 1.807) is 33.0 Å². The van der Waals surface area contributed by atoms with Crippen LogP contribution in [0.15, 0.2) is 0 Å². The summed E-state index contributed by atoms with van der Waals surface area (Å²) < 4.78 is 0. The van der Waals surface area contributed by atoms with Crippen LogP contribution in [0.25, 0.3) is 0 Å². The molecule has 76 valence electrons. The fraction of sp³-hybridized carbons (Fsp3) is 0.833. The normalized spacial score (nSPS) is 13.5. The Kier molecular flexibility index (Phi) is 12.2. The third-order valence-corrected chi connectivity index (χ3v) is 1.34. The molecule has 0 aromatic rings. The molecule has 0 aromatic heterocycles. The summed E-state index contributed by atoms with van der Waals surface area (Å²) in [5.41, 5.74) is 4.17. The van der Waals surface area contributed by atoms with E-state index in [1.165, 1.54) is 0 Å². The highest BCUT2D eigenvalue weighted by molar-refractivity contribution is 5.42. The standard InChI is InChI=1S/C5H14N2O.CH3NO.H3N/c1-5(8,6-2)7(3)4;2-1-3;/h6,8H,1-4H3;1H,(H2,2,3);1H3. The number of nitrogens with one attached hydrogen (secondary N) is 1. The van der Waals surface area contributed by atoms with Crippen molar-refractivity contribution in [3.63, 3.8) is 0 Å². The first-order chi connectivity index (χ1) is 4.92. The number of nitrogens with zero attached hydrogens (tertiary/aromatic N) is 1. The van der Waals surface area contributed by atoms with E-state index in [1.807, 2.05) is 0 Å². The van der Waals surface area contributed by atoms with Gasteiger partial charge in [-0.05, 0) is 28.1 Å². The Morgan fingerprint density at radius 2 is 1.83 bits per heavy atom. The van der Waals surface area contributed by atoms with Gasteiger partial charge in [-0.25, -0.2) is 0 Å². The molecule has 0 aliphatic heterocycles. The predicted molar refractivity (Wildman–Crippen MR) is 48.6 cm³/mol. The Bertz CT molecular complexity index is 106. The number of carbonyl (C=O) groups excluding carboxylic acids is 1. The summed E-state index contributed by atoms with van der Waals surface area (Å²) in [4.78, 5) is 10.3. The molecule has 6 nitrogen and oxygen atoms in total. The molecule has 1 atom stereocenters. The summed E-state index contributed by atoms with van der Waals surface area (Å²) in [6, 6.07) is 0. The Hall–Kier alpha value is -0.690. The predicted octanol–water partition coefficient (Wildman–Crippen LogP) is -1.30. The highest BCUT2D eigenvalue weighted by Crippen LogP contribution is 1.97. The van der Waals surface area contributed by atoms with E-state index in [2.05, 4.69) is 11.1 Å². The van der Waals surface area contributed by atoms with Crippen LogP contribution < -0.4 is 17.2 Å². The molecule has 0 bridgehead atoms. The zero-order valence-corrected chi connectivity index (χ0v) is 8.16. The number of primary amides is 1. The molecule has 0 fully saturated rings. The van der Waals surface area contributed by atoms with Gasteiger partial charge in [-0.3, -0.25) is 15.0 Å². The summed E-state index contributed by atoms with van der Waals surface area (Å²) in [6.45, 7) is 1.69. The molecule has 0 aliphatic carbocycles. The Morgan fingerprint density at radius 3 is 1.83 bits per heavy atom. The van der Waals surface area contributed by atoms with Gasteiger partial charge in [0.05, 0.1) is 0 Å². The van der Waals surface area contributed by atoms with Gasteiger partial charge in [-0.2, -0.15) is 0 Å². The van der Waals surface area contributed by atoms with Gasteiger partial charge in [0.1, 0.15) is 0 Å². The molecule has 7 N–H and O–H groups in total. The zero-order chi connectivity index (χ0) is 9.49. The lowest BCUT2D eigenvalue weighted by atomic mass is 10.4. The van der Waals surface area contributed by atoms with Crippen LogP contribution in [0.4, 0.5) is 0 Å². The minimum Gasteiger partial charge on any atom is -0.372 e. The summed E-state index contributed by atoms with van der Waals surface area (Å²) in [7, 11) is 5.31. The van der Waals surface area contributed by atoms with E-state index >= 15 is 0 Å². The average Bonchev–Trinajstić information content (AvgIpc) is 1.89. The summed E-state index contributed by atoms with van der Waals surface area (Å²) in [5.74, 6) is -0.875. The van der Waals surface area contributed by atoms with Gasteiger partial charge in [-0.15, -0.1) is 0 Å². The molecule has 1 unspecified atom stereocenters. The van der Waals surface area contributed by atoms with Gasteiger partial charge in [-0.1, -0.05) is 0 Å². The van der Waals surface area contributed by atoms with Crippen LogP contribution in [-0.4, -0.2) is 43.4 Å². The summed E-state index contributed by atoms with van der Waals surface area (Å²) in [6.07, 6.45) is 0.250. The molecule has 0 radical (unpaired) electrons. The van der Waals surface area contributed by atoms with Crippen LogP contribution in [0.5, 0.6) is 0 Å². The molecule has 6 heteroatoms. The van der Waals surface area contributed by atoms with Gasteiger partial charge in [0.2, 0.25) is 6.41 Å². The molecule has 12 heavy (non-hydrogen) atoms. The van der Waals surface area contributed by atoms with E-state index in [4.69, 9.17) is 4.79 Å². The smallest absolute Gasteiger partial charge is 0.204 e. The minimum atomic E-state index is -0.875. The SMILES string of the molecule is CNC(C)(O)N(C)C.N.NC=O. The van der Waals surface area contributed by atoms with Crippen LogP contribution in [-0.2, 0) is 4.79 Å². The molecular weight excluding hydrogens is 160 g/mol. The van der Waals surface area contributed by atoms with Crippen molar-refractivity contribution in [2.24, 2.45) is 5.73 Å². The van der Waals surface area contributed by atoms with E-state index < -0.39 is 5.85 Å². The first-order valence-electron chi connectivity index (χ1n) is 3.16. The van der Waals surface area contributed by atoms with Crippen molar-refractivity contribution in [1.82, 2.24) is 16.4 Å². The third kappa shape index (κ3) is 9.31. The zero-order valence-electron chi connectivity index (χ0n) is 8.16. The van der Waals surface area contributed by atoms with Crippen LogP contribution in [0.2, 0.25) is 0 Å². The number of carbonyl (C=O) groups is 1. The lowest BCUT2D eigenvalue weighted by Crippen LogP contribution is -2.51. The highest BCUT2D eigenvalue weighted by Gasteiger charge is 2.18. The first kappa shape index (κ1) is 17.4. The number of amides is 1. The Labute approximate surface area is 73.3 Å². The second-order valence-electron chi connectivity index (χ2n) is 2.30. The second kappa shape index (κ2) is 8.41. The Balaban J connectivity index is -0.000000177. The van der Waals surface area contributed by atoms with Crippen LogP contribution in [0.1, 0.15) is 6.92 Å². The molecule has 0 saturated heterocycles. The van der Waals surface area contributed by atoms with Crippen molar-refractivity contribution in [1.29, 1.82) is 0 Å². The number of aliphatic hydroxyl groups is 1. The molecular formula is C6H20N4O2. The molecule has 0 rings (SSSR count). The molecule has 0 heterocycles. The molecule has 0 aliphatic rings. The van der Waals surface area contributed by atoms with Crippen molar-refractivity contribution in [3.8, 4) is 0 Å². The molecule has 0 aromatic carbocycles. The van der Waals surface area contributed by atoms with Crippen molar-refractivity contribution in [3.05, 3.63) is 0 Å². The van der Waals surface area contributed by atoms with Crippen molar-refractivity contribution in [2.75, 3.05) is 21.1 Å². The first-order valence-corrected chi connectivity index (χ1v) is 3.16. The van der Waals surface area contributed by atoms with Gasteiger partial charge in [0, 0.05) is 0 Å². The van der Waals surface area contributed by atoms with E-state index in [0.717, 1.165) is 0 Å². The fourth-order valence-electron chi connectivity index (χ4n) is 0.224. The van der Waals surface area contributed by atoms with Gasteiger partial charge < -0.3 is 17.0 Å². The average molecular weight is 180 g/mol. The van der Waals surface area contributed by atoms with Gasteiger partial charge in [0.25, 0.3) is 0 Å². The minimum absolute atomic E-state index is 0. The van der Waals surface area contributed by atoms with Crippen molar-refractivity contribution < 1.29 is 9.90 Å². The van der Waals surface area contributed by atoms with E-state index in [-0.39, 0.29) is 12.6 Å². The van der Waals surface area contributed by atoms with E-state index in [0.29, 0.717) is 0 Å². The third-order valence-electron chi connectivity index (χ3n) is 1.34. The van der Waals surface area contributed by atoms with Crippen molar-refractivity contribution >= 4 is 6.41 Å². The number of hydrogen-bond donors (Lipinski definition) is 4. The summed E-state index contributed by atoms with van der Waals surface area (Å²) >= 11 is 0. The van der Waals surface area contributed by atoms with Crippen molar-refractivity contribution in [2.45, 2.75) is 12.8 Å². The second-order valence-corrected chi connectivity index (χ2v) is 2.30. The summed E-state index contributed by atoms with van der Waals surface area (Å²) in [5, 5.41) is 11.9. The monoisotopic (exact) mass is 180 g/mol. The van der Waals surface area contributed by atoms with Crippen LogP contribution >= 0.6 is 0 Å².